The molecule has 0 radical (unpaired) electrons. The Bertz CT molecular complexity index is 792. The van der Waals surface area contributed by atoms with Crippen LogP contribution in [0.4, 0.5) is 0 Å². The molecule has 0 aliphatic rings. The van der Waals surface area contributed by atoms with Crippen LogP contribution in [0.2, 0.25) is 0 Å². The predicted molar refractivity (Wildman–Crippen MR) is 143 cm³/mol. The maximum absolute atomic E-state index is 4.73. The van der Waals surface area contributed by atoms with E-state index in [1.165, 1.54) is 33.8 Å². The quantitative estimate of drug-likeness (QED) is 0.252. The first kappa shape index (κ1) is 31.8. The van der Waals surface area contributed by atoms with Gasteiger partial charge in [0.15, 0.2) is 0 Å². The van der Waals surface area contributed by atoms with Crippen LogP contribution in [0.15, 0.2) is 0 Å². The van der Waals surface area contributed by atoms with E-state index in [1.807, 2.05) is 0 Å². The monoisotopic (exact) mass is 669 g/mol. The number of hydrogen-bond donors (Lipinski definition) is 3. The average Bonchev–Trinajstić information content (AvgIpc) is 3.48. The molecule has 6 nitrogen and oxygen atoms in total. The fourth-order valence-corrected chi connectivity index (χ4v) is 5.88. The van der Waals surface area contributed by atoms with Gasteiger partial charge in [-0.1, -0.05) is 0 Å². The summed E-state index contributed by atoms with van der Waals surface area (Å²) in [6, 6.07) is 0. The summed E-state index contributed by atoms with van der Waals surface area (Å²) in [4.78, 5) is 0. The summed E-state index contributed by atoms with van der Waals surface area (Å²) in [7, 11) is 0. The van der Waals surface area contributed by atoms with E-state index in [0.717, 1.165) is 55.6 Å². The Labute approximate surface area is 235 Å². The molecule has 0 unspecified atom stereocenters. The normalized spacial score (nSPS) is 10.9. The van der Waals surface area contributed by atoms with Crippen LogP contribution in [-0.2, 0) is 62.7 Å². The van der Waals surface area contributed by atoms with Crippen LogP contribution in [0, 0.1) is 0 Å². The van der Waals surface area contributed by atoms with Crippen molar-refractivity contribution in [2.45, 2.75) is 83.8 Å². The van der Waals surface area contributed by atoms with Gasteiger partial charge in [-0.05, 0) is 0 Å². The molecule has 3 N–H and O–H groups in total. The molecule has 0 aliphatic heterocycles. The number of aromatic nitrogens is 6. The zero-order valence-electron chi connectivity index (χ0n) is 19.8. The molecular weight excluding hydrogens is 636 g/mol. The van der Waals surface area contributed by atoms with Gasteiger partial charge in [-0.3, -0.25) is 0 Å². The van der Waals surface area contributed by atoms with Gasteiger partial charge in [-0.2, -0.15) is 0 Å². The summed E-state index contributed by atoms with van der Waals surface area (Å²) >= 11 is 2.36. The predicted octanol–water partition coefficient (Wildman–Crippen LogP) is 5.80. The van der Waals surface area contributed by atoms with Gasteiger partial charge in [0, 0.05) is 0 Å². The Kier molecular flexibility index (Phi) is 13.5. The Balaban J connectivity index is 0.00000320. The van der Waals surface area contributed by atoms with Crippen LogP contribution in [-0.4, -0.2) is 30.6 Å². The van der Waals surface area contributed by atoms with E-state index in [-0.39, 0.29) is 54.7 Å². The zero-order chi connectivity index (χ0) is 21.2. The van der Waals surface area contributed by atoms with Crippen LogP contribution < -0.4 is 0 Å². The molecule has 0 spiro atoms. The Morgan fingerprint density at radius 2 is 0.781 bits per heavy atom. The van der Waals surface area contributed by atoms with Crippen LogP contribution >= 0.6 is 50.9 Å². The molecule has 0 bridgehead atoms. The molecule has 0 atom stereocenters. The molecule has 0 saturated heterocycles. The van der Waals surface area contributed by atoms with E-state index in [2.05, 4.69) is 77.3 Å². The van der Waals surface area contributed by atoms with E-state index in [1.54, 1.807) is 0 Å². The second kappa shape index (κ2) is 13.6. The molecule has 3 aromatic rings. The molecule has 3 aromatic heterocycles. The fraction of sp³-hybridized carbons (Fsp3) is 0.591. The molecule has 0 aromatic carbocycles. The Morgan fingerprint density at radius 3 is 0.969 bits per heavy atom. The summed E-state index contributed by atoms with van der Waals surface area (Å²) in [5.41, 5.74) is 11.0. The van der Waals surface area contributed by atoms with E-state index in [4.69, 9.17) is 15.3 Å². The SMILES string of the molecule is Br.Br.Br.CCc1n[nH]c(CC)c1[C]([Ti])(c1c(CC)n[nH]c1CC)c1c(CC)n[nH]c1CC. The van der Waals surface area contributed by atoms with Crippen LogP contribution in [0.1, 0.15) is 92.4 Å². The average molecular weight is 672 g/mol. The van der Waals surface area contributed by atoms with Crippen molar-refractivity contribution in [3.05, 3.63) is 50.9 Å². The molecule has 10 heteroatoms. The number of aryl methyl sites for hydroxylation is 6. The zero-order valence-corrected chi connectivity index (χ0v) is 26.5. The van der Waals surface area contributed by atoms with Gasteiger partial charge in [-0.25, -0.2) is 0 Å². The standard InChI is InChI=1S/C22H33N6.3BrH.Ti/c1-7-13-19(14(8-2)24-23-13)22(20-15(9-3)25-26-16(20)10-4)21-17(11-5)27-28-18(21)12-6;;;;/h7-12H2,1-6H3,(H,23,24)(H,25,26)(H,27,28);3*1H;. The Morgan fingerprint density at radius 1 is 0.531 bits per heavy atom. The van der Waals surface area contributed by atoms with Crippen molar-refractivity contribution in [2.75, 3.05) is 0 Å². The van der Waals surface area contributed by atoms with Gasteiger partial charge in [-0.15, -0.1) is 50.9 Å². The van der Waals surface area contributed by atoms with Gasteiger partial charge < -0.3 is 0 Å². The third kappa shape index (κ3) is 5.22. The molecular formula is C22H36Br3N6Ti. The van der Waals surface area contributed by atoms with Crippen LogP contribution in [0.3, 0.4) is 0 Å². The topological polar surface area (TPSA) is 86.0 Å². The van der Waals surface area contributed by atoms with Crippen LogP contribution in [0.25, 0.3) is 0 Å². The molecule has 0 fully saturated rings. The number of nitrogens with one attached hydrogen (secondary N) is 3. The van der Waals surface area contributed by atoms with Crippen LogP contribution in [0.5, 0.6) is 0 Å². The molecule has 3 rings (SSSR count). The Hall–Kier alpha value is -0.216. The number of H-pyrrole nitrogens is 3. The van der Waals surface area contributed by atoms with Gasteiger partial charge in [0.25, 0.3) is 0 Å². The van der Waals surface area contributed by atoms with Gasteiger partial charge in [0.05, 0.1) is 0 Å². The number of nitrogens with zero attached hydrogens (tertiary/aromatic N) is 3. The van der Waals surface area contributed by atoms with Crippen molar-refractivity contribution < 1.29 is 20.4 Å². The molecule has 179 valence electrons. The van der Waals surface area contributed by atoms with Crippen molar-refractivity contribution in [1.82, 2.24) is 30.6 Å². The summed E-state index contributed by atoms with van der Waals surface area (Å²) in [6.07, 6.45) is 5.42. The van der Waals surface area contributed by atoms with Crippen molar-refractivity contribution in [3.8, 4) is 0 Å². The summed E-state index contributed by atoms with van der Waals surface area (Å²) in [5.74, 6) is 0. The summed E-state index contributed by atoms with van der Waals surface area (Å²) < 4.78 is -0.364. The van der Waals surface area contributed by atoms with Crippen molar-refractivity contribution in [2.24, 2.45) is 0 Å². The van der Waals surface area contributed by atoms with E-state index >= 15 is 0 Å². The summed E-state index contributed by atoms with van der Waals surface area (Å²) in [5, 5.41) is 24.2. The van der Waals surface area contributed by atoms with E-state index in [0.29, 0.717) is 0 Å². The fourth-order valence-electron chi connectivity index (χ4n) is 4.50. The van der Waals surface area contributed by atoms with Crippen molar-refractivity contribution >= 4 is 50.9 Å². The molecule has 3 heterocycles. The minimum atomic E-state index is -0.364. The van der Waals surface area contributed by atoms with Gasteiger partial charge in [0.2, 0.25) is 0 Å². The number of rotatable bonds is 9. The molecule has 0 amide bonds. The summed E-state index contributed by atoms with van der Waals surface area (Å²) in [6.45, 7) is 13.2. The first-order chi connectivity index (χ1) is 14.0. The maximum atomic E-state index is 4.73. The molecule has 0 aliphatic carbocycles. The number of hydrogen-bond acceptors (Lipinski definition) is 3. The number of aromatic amines is 3. The first-order valence-corrected chi connectivity index (χ1v) is 11.7. The van der Waals surface area contributed by atoms with E-state index in [9.17, 15) is 0 Å². The van der Waals surface area contributed by atoms with Gasteiger partial charge >= 0.3 is 186 Å². The minimum absolute atomic E-state index is 0. The second-order valence-electron chi connectivity index (χ2n) is 7.44. The van der Waals surface area contributed by atoms with Gasteiger partial charge in [0.1, 0.15) is 0 Å². The molecule has 32 heavy (non-hydrogen) atoms. The number of halogens is 3. The second-order valence-corrected chi connectivity index (χ2v) is 8.61. The third-order valence-corrected chi connectivity index (χ3v) is 7.11. The van der Waals surface area contributed by atoms with E-state index < -0.39 is 0 Å². The first-order valence-electron chi connectivity index (χ1n) is 11.0. The molecule has 0 saturated carbocycles. The third-order valence-electron chi connectivity index (χ3n) is 5.94. The van der Waals surface area contributed by atoms with Crippen molar-refractivity contribution in [1.29, 1.82) is 0 Å². The van der Waals surface area contributed by atoms with Crippen molar-refractivity contribution in [3.63, 3.8) is 0 Å².